The van der Waals surface area contributed by atoms with Crippen LogP contribution in [0.15, 0.2) is 99.9 Å². The first-order chi connectivity index (χ1) is 18.1. The third-order valence-corrected chi connectivity index (χ3v) is 7.70. The average molecular weight is 564 g/mol. The molecule has 0 saturated heterocycles. The molecule has 4 aromatic heterocycles. The summed E-state index contributed by atoms with van der Waals surface area (Å²) < 4.78 is 9.07. The molecule has 3 aromatic carbocycles. The van der Waals surface area contributed by atoms with Crippen LogP contribution in [0.5, 0.6) is 0 Å². The molecule has 0 radical (unpaired) electrons. The van der Waals surface area contributed by atoms with E-state index in [1.54, 1.807) is 4.52 Å². The van der Waals surface area contributed by atoms with Crippen molar-refractivity contribution in [3.05, 3.63) is 101 Å². The molecule has 8 heteroatoms. The lowest BCUT2D eigenvalue weighted by Crippen LogP contribution is -1.92. The molecule has 0 unspecified atom stereocenters. The Kier molecular flexibility index (Phi) is 5.23. The molecule has 0 aliphatic heterocycles. The van der Waals surface area contributed by atoms with Crippen LogP contribution < -0.4 is 0 Å². The molecule has 0 N–H and O–H groups in total. The Labute approximate surface area is 224 Å². The largest absolute Gasteiger partial charge is 0.454 e. The minimum atomic E-state index is 0.706. The molecule has 0 aliphatic carbocycles. The third kappa shape index (κ3) is 3.94. The van der Waals surface area contributed by atoms with Gasteiger partial charge >= 0.3 is 0 Å². The average Bonchev–Trinajstić information content (AvgIpc) is 3.66. The summed E-state index contributed by atoms with van der Waals surface area (Å²) in [5.41, 5.74) is 5.81. The summed E-state index contributed by atoms with van der Waals surface area (Å²) in [5, 5.41) is 15.6. The lowest BCUT2D eigenvalue weighted by atomic mass is 10.1. The minimum Gasteiger partial charge on any atom is -0.454 e. The molecule has 0 amide bonds. The maximum atomic E-state index is 6.26. The molecule has 4 heterocycles. The smallest absolute Gasteiger partial charge is 0.235 e. The number of halogens is 1. The molecular formula is C29H18BrN5OS. The van der Waals surface area contributed by atoms with Gasteiger partial charge < -0.3 is 4.42 Å². The topological polar surface area (TPSA) is 69.1 Å². The summed E-state index contributed by atoms with van der Waals surface area (Å²) >= 11 is 4.99. The summed E-state index contributed by atoms with van der Waals surface area (Å²) in [6, 6.07) is 30.4. The van der Waals surface area contributed by atoms with Crippen LogP contribution in [0.3, 0.4) is 0 Å². The van der Waals surface area contributed by atoms with Crippen molar-refractivity contribution in [3.63, 3.8) is 0 Å². The van der Waals surface area contributed by atoms with E-state index in [2.05, 4.69) is 63.4 Å². The van der Waals surface area contributed by atoms with Gasteiger partial charge in [0.15, 0.2) is 11.6 Å². The number of fused-ring (bicyclic) bond motifs is 2. The Morgan fingerprint density at radius 3 is 2.41 bits per heavy atom. The summed E-state index contributed by atoms with van der Waals surface area (Å²) in [7, 11) is 0. The van der Waals surface area contributed by atoms with Gasteiger partial charge in [-0.25, -0.2) is 4.98 Å². The van der Waals surface area contributed by atoms with Gasteiger partial charge in [0.05, 0.1) is 5.52 Å². The van der Waals surface area contributed by atoms with E-state index in [0.717, 1.165) is 53.5 Å². The zero-order valence-corrected chi connectivity index (χ0v) is 22.0. The maximum Gasteiger partial charge on any atom is 0.235 e. The zero-order valence-electron chi connectivity index (χ0n) is 19.6. The second-order valence-electron chi connectivity index (χ2n) is 8.73. The summed E-state index contributed by atoms with van der Waals surface area (Å²) in [6.45, 7) is 2.08. The van der Waals surface area contributed by atoms with Gasteiger partial charge in [-0.2, -0.15) is 9.61 Å². The van der Waals surface area contributed by atoms with Crippen molar-refractivity contribution >= 4 is 43.1 Å². The first kappa shape index (κ1) is 22.1. The fourth-order valence-electron chi connectivity index (χ4n) is 4.33. The molecule has 0 fully saturated rings. The Hall–Kier alpha value is -4.14. The molecule has 0 bridgehead atoms. The van der Waals surface area contributed by atoms with E-state index in [4.69, 9.17) is 14.5 Å². The molecule has 6 nitrogen and oxygen atoms in total. The number of nitrogens with zero attached hydrogens (tertiary/aromatic N) is 5. The highest BCUT2D eigenvalue weighted by atomic mass is 79.9. The summed E-state index contributed by atoms with van der Waals surface area (Å²) in [6.07, 6.45) is 0. The lowest BCUT2D eigenvalue weighted by Gasteiger charge is -2.06. The zero-order chi connectivity index (χ0) is 24.9. The monoisotopic (exact) mass is 563 g/mol. The van der Waals surface area contributed by atoms with E-state index >= 15 is 0 Å². The van der Waals surface area contributed by atoms with Gasteiger partial charge in [0.2, 0.25) is 4.96 Å². The van der Waals surface area contributed by atoms with Crippen LogP contribution >= 0.6 is 27.3 Å². The second kappa shape index (κ2) is 8.76. The molecule has 178 valence electrons. The molecule has 0 spiro atoms. The minimum absolute atomic E-state index is 0.706. The lowest BCUT2D eigenvalue weighted by molar-refractivity contribution is 0.595. The molecule has 7 rings (SSSR count). The molecule has 0 aliphatic rings. The van der Waals surface area contributed by atoms with Gasteiger partial charge in [0.25, 0.3) is 0 Å². The molecule has 0 saturated carbocycles. The van der Waals surface area contributed by atoms with Gasteiger partial charge in [0.1, 0.15) is 16.5 Å². The third-order valence-electron chi connectivity index (χ3n) is 6.23. The molecular weight excluding hydrogens is 546 g/mol. The van der Waals surface area contributed by atoms with Gasteiger partial charge in [-0.1, -0.05) is 87.4 Å². The van der Waals surface area contributed by atoms with E-state index < -0.39 is 0 Å². The van der Waals surface area contributed by atoms with Crippen LogP contribution in [0.4, 0.5) is 0 Å². The quantitative estimate of drug-likeness (QED) is 0.216. The van der Waals surface area contributed by atoms with E-state index in [9.17, 15) is 0 Å². The van der Waals surface area contributed by atoms with Crippen molar-refractivity contribution in [2.45, 2.75) is 6.92 Å². The highest BCUT2D eigenvalue weighted by Crippen LogP contribution is 2.36. The van der Waals surface area contributed by atoms with Crippen molar-refractivity contribution in [1.29, 1.82) is 0 Å². The number of rotatable bonds is 4. The van der Waals surface area contributed by atoms with Crippen molar-refractivity contribution in [1.82, 2.24) is 24.8 Å². The van der Waals surface area contributed by atoms with Crippen LogP contribution in [-0.2, 0) is 0 Å². The standard InChI is InChI=1S/C29H18BrN5OS/c1-17-6-8-18(9-7-17)25-14-15-26(36-25)24-16-22(21-4-2-3-5-23(21)31-24)28-34-35-27(32-33-29(35)37-28)19-10-12-20(30)13-11-19/h2-16H,1H3. The Bertz CT molecular complexity index is 1900. The van der Waals surface area contributed by atoms with E-state index in [-0.39, 0.29) is 0 Å². The SMILES string of the molecule is Cc1ccc(-c2ccc(-c3cc(-c4nn5c(-c6ccc(Br)cc6)nnc5s4)c4ccccc4n3)o2)cc1. The van der Waals surface area contributed by atoms with E-state index in [1.807, 2.05) is 60.7 Å². The Morgan fingerprint density at radius 2 is 1.57 bits per heavy atom. The number of para-hydroxylation sites is 1. The number of pyridine rings is 1. The number of hydrogen-bond acceptors (Lipinski definition) is 6. The van der Waals surface area contributed by atoms with Crippen LogP contribution in [0.1, 0.15) is 5.56 Å². The maximum absolute atomic E-state index is 6.26. The Balaban J connectivity index is 1.35. The van der Waals surface area contributed by atoms with E-state index in [1.165, 1.54) is 16.9 Å². The second-order valence-corrected chi connectivity index (χ2v) is 10.6. The van der Waals surface area contributed by atoms with Crippen LogP contribution in [0, 0.1) is 6.92 Å². The molecule has 0 atom stereocenters. The first-order valence-corrected chi connectivity index (χ1v) is 13.3. The van der Waals surface area contributed by atoms with Crippen LogP contribution in [-0.4, -0.2) is 24.8 Å². The summed E-state index contributed by atoms with van der Waals surface area (Å²) in [4.78, 5) is 5.64. The predicted molar refractivity (Wildman–Crippen MR) is 150 cm³/mol. The predicted octanol–water partition coefficient (Wildman–Crippen LogP) is 8.07. The highest BCUT2D eigenvalue weighted by molar-refractivity contribution is 9.10. The van der Waals surface area contributed by atoms with Crippen LogP contribution in [0.2, 0.25) is 0 Å². The van der Waals surface area contributed by atoms with Gasteiger partial charge in [-0.3, -0.25) is 0 Å². The van der Waals surface area contributed by atoms with Gasteiger partial charge in [0, 0.05) is 26.5 Å². The van der Waals surface area contributed by atoms with Gasteiger partial charge in [-0.05, 0) is 43.3 Å². The van der Waals surface area contributed by atoms with Crippen LogP contribution in [0.25, 0.3) is 60.6 Å². The van der Waals surface area contributed by atoms with Crippen molar-refractivity contribution in [3.8, 4) is 44.7 Å². The normalized spacial score (nSPS) is 11.5. The van der Waals surface area contributed by atoms with Crippen molar-refractivity contribution in [2.75, 3.05) is 0 Å². The van der Waals surface area contributed by atoms with Crippen molar-refractivity contribution in [2.24, 2.45) is 0 Å². The number of aryl methyl sites for hydroxylation is 1. The first-order valence-electron chi connectivity index (χ1n) is 11.7. The number of aromatic nitrogens is 5. The fourth-order valence-corrected chi connectivity index (χ4v) is 5.47. The Morgan fingerprint density at radius 1 is 0.811 bits per heavy atom. The molecule has 7 aromatic rings. The highest BCUT2D eigenvalue weighted by Gasteiger charge is 2.18. The fraction of sp³-hybridized carbons (Fsp3) is 0.0345. The summed E-state index contributed by atoms with van der Waals surface area (Å²) in [5.74, 6) is 2.22. The van der Waals surface area contributed by atoms with Gasteiger partial charge in [-0.15, -0.1) is 10.2 Å². The number of hydrogen-bond donors (Lipinski definition) is 0. The van der Waals surface area contributed by atoms with E-state index in [0.29, 0.717) is 11.6 Å². The van der Waals surface area contributed by atoms with Crippen molar-refractivity contribution < 1.29 is 4.42 Å². The number of benzene rings is 3. The number of furan rings is 1. The molecule has 37 heavy (non-hydrogen) atoms.